The van der Waals surface area contributed by atoms with Gasteiger partial charge in [-0.2, -0.15) is 0 Å². The first-order chi connectivity index (χ1) is 15.5. The highest BCUT2D eigenvalue weighted by Crippen LogP contribution is 2.29. The summed E-state index contributed by atoms with van der Waals surface area (Å²) in [5.74, 6) is 1.50. The number of likely N-dealkylation sites (tertiary alicyclic amines) is 1. The predicted octanol–water partition coefficient (Wildman–Crippen LogP) is 4.59. The Bertz CT molecular complexity index is 1200. The molecule has 1 saturated heterocycles. The van der Waals surface area contributed by atoms with Crippen molar-refractivity contribution in [1.82, 2.24) is 14.5 Å². The molecule has 7 heteroatoms. The lowest BCUT2D eigenvalue weighted by Crippen LogP contribution is -2.32. The number of hydrogen-bond acceptors (Lipinski definition) is 5. The van der Waals surface area contributed by atoms with Gasteiger partial charge in [0.25, 0.3) is 11.5 Å². The fourth-order valence-electron chi connectivity index (χ4n) is 4.81. The number of anilines is 1. The van der Waals surface area contributed by atoms with Crippen LogP contribution in [0.2, 0.25) is 0 Å². The summed E-state index contributed by atoms with van der Waals surface area (Å²) in [5.41, 5.74) is 2.76. The maximum absolute atomic E-state index is 13.0. The Balaban J connectivity index is 1.32. The number of hydrogen-bond donors (Lipinski definition) is 1. The van der Waals surface area contributed by atoms with Gasteiger partial charge in [0.15, 0.2) is 0 Å². The van der Waals surface area contributed by atoms with Crippen molar-refractivity contribution < 1.29 is 4.79 Å². The number of fused-ring (bicyclic) bond motifs is 2. The molecule has 0 radical (unpaired) electrons. The molecule has 2 aliphatic heterocycles. The van der Waals surface area contributed by atoms with Gasteiger partial charge in [0, 0.05) is 25.2 Å². The smallest absolute Gasteiger partial charge is 0.266 e. The number of thiophene rings is 1. The molecule has 1 N–H and O–H groups in total. The number of aromatic nitrogens is 2. The Morgan fingerprint density at radius 2 is 1.91 bits per heavy atom. The van der Waals surface area contributed by atoms with Gasteiger partial charge >= 0.3 is 0 Å². The maximum atomic E-state index is 13.0. The van der Waals surface area contributed by atoms with Gasteiger partial charge in [0.05, 0.1) is 10.3 Å². The second kappa shape index (κ2) is 8.79. The molecule has 0 saturated carbocycles. The molecule has 2 aliphatic rings. The molecule has 1 amide bonds. The van der Waals surface area contributed by atoms with E-state index >= 15 is 0 Å². The van der Waals surface area contributed by atoms with Crippen molar-refractivity contribution in [2.45, 2.75) is 59.0 Å². The fraction of sp³-hybridized carbons (Fsp3) is 0.480. The minimum atomic E-state index is -0.175. The second-order valence-corrected chi connectivity index (χ2v) is 10.3. The molecule has 5 rings (SSSR count). The summed E-state index contributed by atoms with van der Waals surface area (Å²) in [7, 11) is 0. The Morgan fingerprint density at radius 3 is 2.66 bits per heavy atom. The first kappa shape index (κ1) is 21.3. The SMILES string of the molecule is Cc1c(C(=O)Nc2ccc(CN3CCC(C)CC3)cc2)sc2nc3n(c(=O)c12)CCCC3. The topological polar surface area (TPSA) is 67.2 Å². The summed E-state index contributed by atoms with van der Waals surface area (Å²) in [6.45, 7) is 8.17. The van der Waals surface area contributed by atoms with Crippen LogP contribution in [0.5, 0.6) is 0 Å². The highest BCUT2D eigenvalue weighted by atomic mass is 32.1. The van der Waals surface area contributed by atoms with E-state index in [-0.39, 0.29) is 11.5 Å². The highest BCUT2D eigenvalue weighted by molar-refractivity contribution is 7.20. The number of benzene rings is 1. The summed E-state index contributed by atoms with van der Waals surface area (Å²) < 4.78 is 1.79. The molecule has 0 atom stereocenters. The number of nitrogens with zero attached hydrogens (tertiary/aromatic N) is 3. The molecule has 3 aromatic rings. The van der Waals surface area contributed by atoms with Crippen LogP contribution >= 0.6 is 11.3 Å². The van der Waals surface area contributed by atoms with Gasteiger partial charge in [-0.1, -0.05) is 19.1 Å². The van der Waals surface area contributed by atoms with E-state index in [2.05, 4.69) is 29.3 Å². The van der Waals surface area contributed by atoms with Crippen LogP contribution in [-0.4, -0.2) is 33.4 Å². The number of rotatable bonds is 4. The Kier molecular flexibility index (Phi) is 5.86. The van der Waals surface area contributed by atoms with E-state index in [0.717, 1.165) is 68.4 Å². The van der Waals surface area contributed by atoms with Crippen LogP contribution in [0.3, 0.4) is 0 Å². The van der Waals surface area contributed by atoms with Crippen molar-refractivity contribution in [3.05, 3.63) is 56.4 Å². The average Bonchev–Trinajstić information content (AvgIpc) is 3.13. The average molecular weight is 451 g/mol. The van der Waals surface area contributed by atoms with Crippen molar-refractivity contribution in [2.75, 3.05) is 18.4 Å². The van der Waals surface area contributed by atoms with E-state index < -0.39 is 0 Å². The first-order valence-corrected chi connectivity index (χ1v) is 12.5. The summed E-state index contributed by atoms with van der Waals surface area (Å²) in [6, 6.07) is 8.11. The number of carbonyl (C=O) groups excluding carboxylic acids is 1. The molecular weight excluding hydrogens is 420 g/mol. The molecule has 32 heavy (non-hydrogen) atoms. The van der Waals surface area contributed by atoms with Crippen molar-refractivity contribution in [3.8, 4) is 0 Å². The third kappa shape index (κ3) is 4.11. The normalized spacial score (nSPS) is 17.4. The third-order valence-electron chi connectivity index (χ3n) is 6.86. The van der Waals surface area contributed by atoms with Crippen LogP contribution in [-0.2, 0) is 19.5 Å². The summed E-state index contributed by atoms with van der Waals surface area (Å²) in [5, 5.41) is 3.60. The quantitative estimate of drug-likeness (QED) is 0.631. The minimum absolute atomic E-state index is 0.00559. The van der Waals surface area contributed by atoms with Crippen LogP contribution in [0.25, 0.3) is 10.2 Å². The van der Waals surface area contributed by atoms with E-state index in [9.17, 15) is 9.59 Å². The standard InChI is InChI=1S/C25H30N4O2S/c1-16-10-13-28(14-11-16)15-18-6-8-19(9-7-18)26-23(30)22-17(2)21-24(32-22)27-20-5-3-4-12-29(20)25(21)31/h6-9,16H,3-5,10-15H2,1-2H3,(H,26,30). The van der Waals surface area contributed by atoms with Crippen LogP contribution in [0, 0.1) is 12.8 Å². The zero-order chi connectivity index (χ0) is 22.2. The molecule has 6 nitrogen and oxygen atoms in total. The highest BCUT2D eigenvalue weighted by Gasteiger charge is 2.23. The molecule has 0 spiro atoms. The van der Waals surface area contributed by atoms with Gasteiger partial charge in [0.1, 0.15) is 10.7 Å². The monoisotopic (exact) mass is 450 g/mol. The molecule has 0 unspecified atom stereocenters. The van der Waals surface area contributed by atoms with E-state index in [1.807, 2.05) is 19.1 Å². The summed E-state index contributed by atoms with van der Waals surface area (Å²) >= 11 is 1.32. The lowest BCUT2D eigenvalue weighted by atomic mass is 9.99. The van der Waals surface area contributed by atoms with Crippen molar-refractivity contribution in [1.29, 1.82) is 0 Å². The van der Waals surface area contributed by atoms with Gasteiger partial charge in [-0.25, -0.2) is 4.98 Å². The van der Waals surface area contributed by atoms with Crippen molar-refractivity contribution >= 4 is 33.1 Å². The molecule has 1 aromatic carbocycles. The maximum Gasteiger partial charge on any atom is 0.266 e. The van der Waals surface area contributed by atoms with Crippen LogP contribution in [0.1, 0.15) is 59.2 Å². The molecule has 168 valence electrons. The van der Waals surface area contributed by atoms with Gasteiger partial charge in [-0.3, -0.25) is 19.1 Å². The summed E-state index contributed by atoms with van der Waals surface area (Å²) in [6.07, 6.45) is 5.42. The van der Waals surface area contributed by atoms with E-state index in [0.29, 0.717) is 15.1 Å². The molecular formula is C25H30N4O2S. The van der Waals surface area contributed by atoms with Gasteiger partial charge in [-0.15, -0.1) is 11.3 Å². The zero-order valence-electron chi connectivity index (χ0n) is 18.8. The predicted molar refractivity (Wildman–Crippen MR) is 130 cm³/mol. The number of aryl methyl sites for hydroxylation is 2. The van der Waals surface area contributed by atoms with E-state index in [1.165, 1.54) is 29.7 Å². The number of amides is 1. The minimum Gasteiger partial charge on any atom is -0.321 e. The lowest BCUT2D eigenvalue weighted by Gasteiger charge is -2.30. The van der Waals surface area contributed by atoms with Crippen molar-refractivity contribution in [3.63, 3.8) is 0 Å². The van der Waals surface area contributed by atoms with Gasteiger partial charge < -0.3 is 5.32 Å². The van der Waals surface area contributed by atoms with E-state index in [1.54, 1.807) is 4.57 Å². The van der Waals surface area contributed by atoms with Crippen LogP contribution in [0.4, 0.5) is 5.69 Å². The Labute approximate surface area is 192 Å². The van der Waals surface area contributed by atoms with Crippen molar-refractivity contribution in [2.24, 2.45) is 5.92 Å². The zero-order valence-corrected chi connectivity index (χ0v) is 19.6. The van der Waals surface area contributed by atoms with Crippen LogP contribution in [0.15, 0.2) is 29.1 Å². The third-order valence-corrected chi connectivity index (χ3v) is 8.05. The molecule has 0 aliphatic carbocycles. The Morgan fingerprint density at radius 1 is 1.16 bits per heavy atom. The van der Waals surface area contributed by atoms with Gasteiger partial charge in [-0.05, 0) is 74.9 Å². The molecule has 2 aromatic heterocycles. The lowest BCUT2D eigenvalue weighted by molar-refractivity contribution is 0.103. The number of piperidine rings is 1. The molecule has 1 fully saturated rings. The second-order valence-electron chi connectivity index (χ2n) is 9.29. The largest absolute Gasteiger partial charge is 0.321 e. The number of nitrogens with one attached hydrogen (secondary N) is 1. The Hall–Kier alpha value is -2.51. The summed E-state index contributed by atoms with van der Waals surface area (Å²) in [4.78, 5) is 34.5. The number of carbonyl (C=O) groups is 1. The van der Waals surface area contributed by atoms with Crippen LogP contribution < -0.4 is 10.9 Å². The fourth-order valence-corrected chi connectivity index (χ4v) is 5.90. The van der Waals surface area contributed by atoms with Gasteiger partial charge in [0.2, 0.25) is 0 Å². The molecule has 0 bridgehead atoms. The first-order valence-electron chi connectivity index (χ1n) is 11.6. The molecule has 4 heterocycles. The van der Waals surface area contributed by atoms with E-state index in [4.69, 9.17) is 4.98 Å².